The summed E-state index contributed by atoms with van der Waals surface area (Å²) < 4.78 is 0. The van der Waals surface area contributed by atoms with E-state index in [1.807, 2.05) is 11.0 Å². The molecule has 0 radical (unpaired) electrons. The van der Waals surface area contributed by atoms with Crippen LogP contribution in [-0.4, -0.2) is 34.9 Å². The van der Waals surface area contributed by atoms with Crippen molar-refractivity contribution in [2.24, 2.45) is 5.92 Å². The topological polar surface area (TPSA) is 32.3 Å². The summed E-state index contributed by atoms with van der Waals surface area (Å²) in [5.41, 5.74) is 0. The van der Waals surface area contributed by atoms with Crippen molar-refractivity contribution in [3.8, 4) is 0 Å². The van der Waals surface area contributed by atoms with E-state index in [4.69, 9.17) is 0 Å². The van der Waals surface area contributed by atoms with Crippen LogP contribution in [0.3, 0.4) is 0 Å². The normalized spacial score (nSPS) is 25.3. The van der Waals surface area contributed by atoms with E-state index < -0.39 is 0 Å². The van der Waals surface area contributed by atoms with Gasteiger partial charge < -0.3 is 4.90 Å². The molecular weight excluding hydrogens is 276 g/mol. The summed E-state index contributed by atoms with van der Waals surface area (Å²) in [4.78, 5) is 15.8. The lowest BCUT2D eigenvalue weighted by molar-refractivity contribution is -0.130. The minimum atomic E-state index is -0.0545. The lowest BCUT2D eigenvalue weighted by Crippen LogP contribution is -2.36. The Morgan fingerprint density at radius 2 is 2.21 bits per heavy atom. The number of carbonyl (C=O) groups is 1. The molecule has 1 fully saturated rings. The Morgan fingerprint density at radius 1 is 1.47 bits per heavy atom. The Labute approximate surface area is 123 Å². The molecule has 3 unspecified atom stereocenters. The van der Waals surface area contributed by atoms with Gasteiger partial charge in [0.25, 0.3) is 0 Å². The van der Waals surface area contributed by atoms with E-state index in [0.29, 0.717) is 11.2 Å². The van der Waals surface area contributed by atoms with E-state index in [1.165, 1.54) is 4.88 Å². The molecule has 1 amide bonds. The van der Waals surface area contributed by atoms with Gasteiger partial charge in [0.15, 0.2) is 0 Å². The Bertz CT molecular complexity index is 419. The third kappa shape index (κ3) is 3.15. The number of rotatable bonds is 5. The molecule has 3 atom stereocenters. The van der Waals surface area contributed by atoms with Gasteiger partial charge in [-0.05, 0) is 23.6 Å². The van der Waals surface area contributed by atoms with Crippen LogP contribution in [-0.2, 0) is 4.79 Å². The van der Waals surface area contributed by atoms with Crippen LogP contribution in [0.15, 0.2) is 17.5 Å². The van der Waals surface area contributed by atoms with Crippen LogP contribution in [0.25, 0.3) is 0 Å². The Kier molecular flexibility index (Phi) is 4.92. The van der Waals surface area contributed by atoms with Crippen LogP contribution in [0, 0.1) is 5.92 Å². The molecule has 1 aliphatic rings. The van der Waals surface area contributed by atoms with Gasteiger partial charge in [-0.3, -0.25) is 10.1 Å². The molecule has 106 valence electrons. The summed E-state index contributed by atoms with van der Waals surface area (Å²) in [5, 5.41) is 6.03. The number of carbonyl (C=O) groups excluding carboxylic acids is 1. The molecular formula is C14H22N2OS2. The molecule has 0 saturated carbocycles. The molecule has 1 saturated heterocycles. The maximum Gasteiger partial charge on any atom is 0.241 e. The first-order valence-corrected chi connectivity index (χ1v) is 8.84. The van der Waals surface area contributed by atoms with Crippen LogP contribution in [0.5, 0.6) is 0 Å². The lowest BCUT2D eigenvalue weighted by atomic mass is 10.1. The maximum atomic E-state index is 12.6. The minimum absolute atomic E-state index is 0.0505. The van der Waals surface area contributed by atoms with E-state index >= 15 is 0 Å². The number of nitrogens with zero attached hydrogens (tertiary/aromatic N) is 1. The van der Waals surface area contributed by atoms with E-state index in [2.05, 4.69) is 43.8 Å². The molecule has 19 heavy (non-hydrogen) atoms. The molecule has 3 nitrogen and oxygen atoms in total. The molecule has 2 heterocycles. The van der Waals surface area contributed by atoms with Crippen molar-refractivity contribution < 1.29 is 4.79 Å². The number of thiophene rings is 1. The third-order valence-electron chi connectivity index (χ3n) is 3.53. The highest BCUT2D eigenvalue weighted by Gasteiger charge is 2.41. The lowest BCUT2D eigenvalue weighted by Gasteiger charge is -2.25. The van der Waals surface area contributed by atoms with Crippen molar-refractivity contribution in [3.63, 3.8) is 0 Å². The predicted molar refractivity (Wildman–Crippen MR) is 83.5 cm³/mol. The molecule has 5 heteroatoms. The van der Waals surface area contributed by atoms with Gasteiger partial charge in [-0.1, -0.05) is 26.8 Å². The highest BCUT2D eigenvalue weighted by Crippen LogP contribution is 2.31. The third-order valence-corrected chi connectivity index (χ3v) is 5.41. The Hall–Kier alpha value is -0.520. The molecule has 0 spiro atoms. The summed E-state index contributed by atoms with van der Waals surface area (Å²) in [6.45, 7) is 7.18. The number of thioether (sulfide) groups is 1. The first-order valence-electron chi connectivity index (χ1n) is 6.67. The van der Waals surface area contributed by atoms with Gasteiger partial charge in [-0.25, -0.2) is 0 Å². The van der Waals surface area contributed by atoms with Gasteiger partial charge in [-0.2, -0.15) is 11.8 Å². The summed E-state index contributed by atoms with van der Waals surface area (Å²) in [6.07, 6.45) is 2.15. The fraction of sp³-hybridized carbons (Fsp3) is 0.643. The highest BCUT2D eigenvalue weighted by molar-refractivity contribution is 7.99. The average Bonchev–Trinajstić information content (AvgIpc) is 2.98. The van der Waals surface area contributed by atoms with E-state index in [1.54, 1.807) is 23.1 Å². The van der Waals surface area contributed by atoms with Gasteiger partial charge in [0, 0.05) is 16.7 Å². The van der Waals surface area contributed by atoms with Crippen molar-refractivity contribution >= 4 is 29.0 Å². The van der Waals surface area contributed by atoms with Gasteiger partial charge in [0.1, 0.15) is 6.17 Å². The van der Waals surface area contributed by atoms with Crippen molar-refractivity contribution in [1.82, 2.24) is 10.2 Å². The summed E-state index contributed by atoms with van der Waals surface area (Å²) in [5.74, 6) is 0.568. The maximum absolute atomic E-state index is 12.6. The molecule has 1 aromatic rings. The van der Waals surface area contributed by atoms with E-state index in [9.17, 15) is 4.79 Å². The Morgan fingerprint density at radius 3 is 2.74 bits per heavy atom. The first kappa shape index (κ1) is 14.9. The number of hydrogen-bond donors (Lipinski definition) is 1. The molecule has 1 N–H and O–H groups in total. The molecule has 2 rings (SSSR count). The largest absolute Gasteiger partial charge is 0.320 e. The van der Waals surface area contributed by atoms with Gasteiger partial charge in [0.05, 0.1) is 6.04 Å². The highest BCUT2D eigenvalue weighted by atomic mass is 32.2. The van der Waals surface area contributed by atoms with Crippen molar-refractivity contribution in [2.45, 2.75) is 38.2 Å². The number of amides is 1. The van der Waals surface area contributed by atoms with Crippen LogP contribution >= 0.6 is 23.1 Å². The first-order chi connectivity index (χ1) is 9.04. The second-order valence-electron chi connectivity index (χ2n) is 5.34. The van der Waals surface area contributed by atoms with Gasteiger partial charge >= 0.3 is 0 Å². The smallest absolute Gasteiger partial charge is 0.241 e. The summed E-state index contributed by atoms with van der Waals surface area (Å²) in [6, 6.07) is 4.10. The summed E-state index contributed by atoms with van der Waals surface area (Å²) >= 11 is 3.52. The quantitative estimate of drug-likeness (QED) is 0.907. The zero-order valence-corrected chi connectivity index (χ0v) is 13.6. The number of nitrogens with one attached hydrogen (secondary N) is 1. The van der Waals surface area contributed by atoms with Crippen molar-refractivity contribution in [3.05, 3.63) is 22.4 Å². The zero-order chi connectivity index (χ0) is 14.0. The predicted octanol–water partition coefficient (Wildman–Crippen LogP) is 2.95. The second-order valence-corrected chi connectivity index (χ2v) is 7.60. The van der Waals surface area contributed by atoms with Crippen LogP contribution in [0.2, 0.25) is 0 Å². The molecule has 1 aromatic heterocycles. The fourth-order valence-corrected chi connectivity index (χ4v) is 3.45. The van der Waals surface area contributed by atoms with Crippen LogP contribution in [0.1, 0.15) is 31.8 Å². The van der Waals surface area contributed by atoms with E-state index in [-0.39, 0.29) is 18.1 Å². The summed E-state index contributed by atoms with van der Waals surface area (Å²) in [7, 11) is 0. The fourth-order valence-electron chi connectivity index (χ4n) is 2.34. The minimum Gasteiger partial charge on any atom is -0.320 e. The Balaban J connectivity index is 2.21. The molecule has 0 aliphatic carbocycles. The van der Waals surface area contributed by atoms with Crippen LogP contribution < -0.4 is 5.32 Å². The van der Waals surface area contributed by atoms with Crippen molar-refractivity contribution in [1.29, 1.82) is 0 Å². The zero-order valence-electron chi connectivity index (χ0n) is 11.9. The van der Waals surface area contributed by atoms with Crippen molar-refractivity contribution in [2.75, 3.05) is 12.8 Å². The molecule has 0 aromatic carbocycles. The molecule has 1 aliphatic heterocycles. The second kappa shape index (κ2) is 6.29. The molecule has 0 bridgehead atoms. The van der Waals surface area contributed by atoms with Gasteiger partial charge in [0.2, 0.25) is 5.91 Å². The van der Waals surface area contributed by atoms with Crippen LogP contribution in [0.4, 0.5) is 0 Å². The average molecular weight is 298 g/mol. The standard InChI is InChI=1S/C14H22N2OS2/c1-9(2)12-14(17)16(8-10(3)18-4)13(15-12)11-6-5-7-19-11/h5-7,9-10,12-13,15H,8H2,1-4H3. The van der Waals surface area contributed by atoms with E-state index in [0.717, 1.165) is 6.54 Å². The number of hydrogen-bond acceptors (Lipinski definition) is 4. The van der Waals surface area contributed by atoms with Gasteiger partial charge in [-0.15, -0.1) is 11.3 Å². The SMILES string of the molecule is CSC(C)CN1C(=O)C(C(C)C)NC1c1cccs1. The monoisotopic (exact) mass is 298 g/mol.